The maximum Gasteiger partial charge on any atom is 0.223 e. The Kier molecular flexibility index (Phi) is 3.75. The molecule has 0 unspecified atom stereocenters. The molecule has 2 heterocycles. The summed E-state index contributed by atoms with van der Waals surface area (Å²) < 4.78 is 1.20. The monoisotopic (exact) mass is 396 g/mol. The van der Waals surface area contributed by atoms with Gasteiger partial charge in [-0.05, 0) is 59.3 Å². The Morgan fingerprint density at radius 3 is 2.70 bits per heavy atom. The standard InChI is InChI=1S/C14H13IN4S/c1-2-10-7-11-12(18-14(16)19-13(11)20-10)17-9-5-3-8(15)4-6-9/h3-7H,2H2,1H3,(H3,16,17,18,19). The van der Waals surface area contributed by atoms with Crippen LogP contribution in [0.2, 0.25) is 0 Å². The van der Waals surface area contributed by atoms with Crippen LogP contribution in [0.1, 0.15) is 11.8 Å². The molecular formula is C14H13IN4S. The van der Waals surface area contributed by atoms with Gasteiger partial charge in [-0.15, -0.1) is 11.3 Å². The smallest absolute Gasteiger partial charge is 0.223 e. The molecule has 0 saturated carbocycles. The van der Waals surface area contributed by atoms with Crippen molar-refractivity contribution in [1.82, 2.24) is 9.97 Å². The average molecular weight is 396 g/mol. The van der Waals surface area contributed by atoms with Gasteiger partial charge in [-0.3, -0.25) is 0 Å². The first-order valence-electron chi connectivity index (χ1n) is 6.24. The summed E-state index contributed by atoms with van der Waals surface area (Å²) in [6.45, 7) is 2.13. The van der Waals surface area contributed by atoms with Gasteiger partial charge in [-0.1, -0.05) is 6.92 Å². The van der Waals surface area contributed by atoms with Gasteiger partial charge < -0.3 is 11.1 Å². The highest BCUT2D eigenvalue weighted by molar-refractivity contribution is 14.1. The number of aromatic nitrogens is 2. The molecule has 102 valence electrons. The van der Waals surface area contributed by atoms with Crippen LogP contribution in [-0.4, -0.2) is 9.97 Å². The number of aryl methyl sites for hydroxylation is 1. The Hall–Kier alpha value is -1.41. The van der Waals surface area contributed by atoms with E-state index in [2.05, 4.69) is 63.0 Å². The fraction of sp³-hybridized carbons (Fsp3) is 0.143. The van der Waals surface area contributed by atoms with Crippen LogP contribution in [0.4, 0.5) is 17.5 Å². The molecule has 3 rings (SSSR count). The van der Waals surface area contributed by atoms with Crippen LogP contribution in [0.15, 0.2) is 30.3 Å². The lowest BCUT2D eigenvalue weighted by Crippen LogP contribution is -2.00. The van der Waals surface area contributed by atoms with Crippen LogP contribution in [-0.2, 0) is 6.42 Å². The van der Waals surface area contributed by atoms with E-state index in [1.165, 1.54) is 8.45 Å². The molecule has 0 fully saturated rings. The first-order valence-corrected chi connectivity index (χ1v) is 8.13. The largest absolute Gasteiger partial charge is 0.368 e. The molecule has 0 aliphatic rings. The Labute approximate surface area is 134 Å². The zero-order valence-electron chi connectivity index (χ0n) is 10.9. The summed E-state index contributed by atoms with van der Waals surface area (Å²) in [6.07, 6.45) is 0.990. The van der Waals surface area contributed by atoms with Gasteiger partial charge in [0.15, 0.2) is 0 Å². The van der Waals surface area contributed by atoms with Crippen LogP contribution in [0, 0.1) is 3.57 Å². The summed E-state index contributed by atoms with van der Waals surface area (Å²) in [6, 6.07) is 10.3. The van der Waals surface area contributed by atoms with Gasteiger partial charge >= 0.3 is 0 Å². The third-order valence-corrected chi connectivity index (χ3v) is 4.81. The van der Waals surface area contributed by atoms with Crippen molar-refractivity contribution in [3.63, 3.8) is 0 Å². The number of fused-ring (bicyclic) bond motifs is 1. The molecule has 0 spiro atoms. The van der Waals surface area contributed by atoms with E-state index in [0.29, 0.717) is 5.95 Å². The first kappa shape index (κ1) is 13.6. The van der Waals surface area contributed by atoms with Gasteiger partial charge in [0, 0.05) is 14.1 Å². The maximum absolute atomic E-state index is 5.80. The number of nitrogens with two attached hydrogens (primary N) is 1. The van der Waals surface area contributed by atoms with E-state index in [9.17, 15) is 0 Å². The molecule has 4 nitrogen and oxygen atoms in total. The summed E-state index contributed by atoms with van der Waals surface area (Å²) in [4.78, 5) is 10.8. The molecule has 0 amide bonds. The van der Waals surface area contributed by atoms with Crippen molar-refractivity contribution in [1.29, 1.82) is 0 Å². The van der Waals surface area contributed by atoms with Crippen molar-refractivity contribution in [2.24, 2.45) is 0 Å². The number of benzene rings is 1. The molecule has 20 heavy (non-hydrogen) atoms. The summed E-state index contributed by atoms with van der Waals surface area (Å²) in [5, 5.41) is 4.35. The van der Waals surface area contributed by atoms with E-state index in [0.717, 1.165) is 28.1 Å². The van der Waals surface area contributed by atoms with Gasteiger partial charge in [-0.25, -0.2) is 4.98 Å². The Balaban J connectivity index is 2.05. The predicted octanol–water partition coefficient (Wildman–Crippen LogP) is 4.18. The lowest BCUT2D eigenvalue weighted by molar-refractivity contribution is 1.19. The average Bonchev–Trinajstić information content (AvgIpc) is 2.84. The van der Waals surface area contributed by atoms with Crippen molar-refractivity contribution in [3.8, 4) is 0 Å². The number of hydrogen-bond donors (Lipinski definition) is 2. The minimum absolute atomic E-state index is 0.301. The topological polar surface area (TPSA) is 63.8 Å². The fourth-order valence-electron chi connectivity index (χ4n) is 1.93. The van der Waals surface area contributed by atoms with Crippen molar-refractivity contribution >= 4 is 61.6 Å². The fourth-order valence-corrected chi connectivity index (χ4v) is 3.26. The Morgan fingerprint density at radius 1 is 1.25 bits per heavy atom. The predicted molar refractivity (Wildman–Crippen MR) is 93.6 cm³/mol. The van der Waals surface area contributed by atoms with E-state index in [-0.39, 0.29) is 0 Å². The van der Waals surface area contributed by atoms with Crippen LogP contribution in [0.5, 0.6) is 0 Å². The normalized spacial score (nSPS) is 10.9. The second-order valence-corrected chi connectivity index (χ2v) is 6.71. The minimum atomic E-state index is 0.301. The van der Waals surface area contributed by atoms with E-state index in [1.807, 2.05) is 12.1 Å². The number of halogens is 1. The third-order valence-electron chi connectivity index (χ3n) is 2.92. The third kappa shape index (κ3) is 2.71. The number of nitrogen functional groups attached to an aromatic ring is 1. The highest BCUT2D eigenvalue weighted by Crippen LogP contribution is 2.31. The van der Waals surface area contributed by atoms with Crippen LogP contribution >= 0.6 is 33.9 Å². The highest BCUT2D eigenvalue weighted by atomic mass is 127. The van der Waals surface area contributed by atoms with Gasteiger partial charge in [0.1, 0.15) is 10.6 Å². The van der Waals surface area contributed by atoms with Crippen molar-refractivity contribution in [2.45, 2.75) is 13.3 Å². The lowest BCUT2D eigenvalue weighted by atomic mass is 10.3. The zero-order valence-corrected chi connectivity index (χ0v) is 13.8. The number of thiophene rings is 1. The Morgan fingerprint density at radius 2 is 2.00 bits per heavy atom. The molecule has 0 radical (unpaired) electrons. The summed E-state index contributed by atoms with van der Waals surface area (Å²) in [7, 11) is 0. The van der Waals surface area contributed by atoms with E-state index < -0.39 is 0 Å². The van der Waals surface area contributed by atoms with Crippen LogP contribution < -0.4 is 11.1 Å². The van der Waals surface area contributed by atoms with Gasteiger partial charge in [0.2, 0.25) is 5.95 Å². The van der Waals surface area contributed by atoms with Crippen LogP contribution in [0.25, 0.3) is 10.2 Å². The van der Waals surface area contributed by atoms with Gasteiger partial charge in [0.25, 0.3) is 0 Å². The molecule has 2 aromatic heterocycles. The summed E-state index contributed by atoms with van der Waals surface area (Å²) in [5.74, 6) is 1.07. The second kappa shape index (κ2) is 5.53. The number of hydrogen-bond acceptors (Lipinski definition) is 5. The number of anilines is 3. The molecule has 1 aromatic carbocycles. The quantitative estimate of drug-likeness (QED) is 0.652. The van der Waals surface area contributed by atoms with Crippen molar-refractivity contribution < 1.29 is 0 Å². The molecule has 3 N–H and O–H groups in total. The number of nitrogens with one attached hydrogen (secondary N) is 1. The van der Waals surface area contributed by atoms with Gasteiger partial charge in [0.05, 0.1) is 5.39 Å². The molecule has 0 aliphatic heterocycles. The lowest BCUT2D eigenvalue weighted by Gasteiger charge is -2.07. The number of nitrogens with zero attached hydrogens (tertiary/aromatic N) is 2. The molecule has 0 aliphatic carbocycles. The van der Waals surface area contributed by atoms with Gasteiger partial charge in [-0.2, -0.15) is 4.98 Å². The van der Waals surface area contributed by atoms with E-state index in [4.69, 9.17) is 5.73 Å². The first-order chi connectivity index (χ1) is 9.65. The van der Waals surface area contributed by atoms with E-state index >= 15 is 0 Å². The molecular weight excluding hydrogens is 383 g/mol. The molecule has 0 atom stereocenters. The maximum atomic E-state index is 5.80. The van der Waals surface area contributed by atoms with Crippen molar-refractivity contribution in [3.05, 3.63) is 38.8 Å². The number of rotatable bonds is 3. The summed E-state index contributed by atoms with van der Waals surface area (Å²) in [5.41, 5.74) is 6.79. The SMILES string of the molecule is CCc1cc2c(Nc3ccc(I)cc3)nc(N)nc2s1. The zero-order chi connectivity index (χ0) is 14.1. The summed E-state index contributed by atoms with van der Waals surface area (Å²) >= 11 is 3.95. The molecule has 0 saturated heterocycles. The van der Waals surface area contributed by atoms with E-state index in [1.54, 1.807) is 11.3 Å². The second-order valence-electron chi connectivity index (χ2n) is 4.35. The highest BCUT2D eigenvalue weighted by Gasteiger charge is 2.10. The molecule has 3 aromatic rings. The molecule has 0 bridgehead atoms. The Bertz CT molecular complexity index is 752. The van der Waals surface area contributed by atoms with Crippen LogP contribution in [0.3, 0.4) is 0 Å². The molecule has 6 heteroatoms. The minimum Gasteiger partial charge on any atom is -0.368 e. The van der Waals surface area contributed by atoms with Crippen molar-refractivity contribution in [2.75, 3.05) is 11.1 Å².